The molecule has 0 aromatic carbocycles. The second-order valence-corrected chi connectivity index (χ2v) is 3.05. The predicted octanol–water partition coefficient (Wildman–Crippen LogP) is 3.16. The van der Waals surface area contributed by atoms with Crippen LogP contribution in [0.15, 0.2) is 24.3 Å². The molecule has 0 heteroatoms. The van der Waals surface area contributed by atoms with Gasteiger partial charge in [-0.25, -0.2) is 0 Å². The molecule has 0 nitrogen and oxygen atoms in total. The lowest BCUT2D eigenvalue weighted by atomic mass is 9.85. The van der Waals surface area contributed by atoms with E-state index >= 15 is 0 Å². The summed E-state index contributed by atoms with van der Waals surface area (Å²) in [7, 11) is 0. The molecule has 0 saturated carbocycles. The third-order valence-corrected chi connectivity index (χ3v) is 2.22. The van der Waals surface area contributed by atoms with Gasteiger partial charge in [-0.1, -0.05) is 31.2 Å². The smallest absolute Gasteiger partial charge is 0.0170 e. The minimum Gasteiger partial charge on any atom is -0.0914 e. The fourth-order valence-electron chi connectivity index (χ4n) is 1.52. The van der Waals surface area contributed by atoms with Crippen LogP contribution >= 0.6 is 0 Å². The third kappa shape index (κ3) is 1.73. The van der Waals surface area contributed by atoms with Crippen LogP contribution in [0.2, 0.25) is 0 Å². The van der Waals surface area contributed by atoms with E-state index in [1.54, 1.807) is 0 Å². The Balaban J connectivity index is 2.52. The highest BCUT2D eigenvalue weighted by atomic mass is 14.2. The van der Waals surface area contributed by atoms with Gasteiger partial charge < -0.3 is 0 Å². The first-order valence-electron chi connectivity index (χ1n) is 4.14. The normalized spacial score (nSPS) is 33.4. The van der Waals surface area contributed by atoms with Gasteiger partial charge in [0.25, 0.3) is 0 Å². The standard InChI is InChI=1S/C10H16/c1-3-6-10-8-5-4-7-9(10)2/h3-4,6-7,9-10H,5,8H2,1-2H3/b6-3+. The van der Waals surface area contributed by atoms with Crippen molar-refractivity contribution in [2.75, 3.05) is 0 Å². The molecule has 0 radical (unpaired) electrons. The minimum atomic E-state index is 0.755. The second-order valence-electron chi connectivity index (χ2n) is 3.05. The van der Waals surface area contributed by atoms with Crippen LogP contribution in [0.3, 0.4) is 0 Å². The summed E-state index contributed by atoms with van der Waals surface area (Å²) in [6.45, 7) is 4.39. The molecular weight excluding hydrogens is 120 g/mol. The Hall–Kier alpha value is -0.520. The highest BCUT2D eigenvalue weighted by molar-refractivity contribution is 5.01. The first kappa shape index (κ1) is 7.59. The number of hydrogen-bond donors (Lipinski definition) is 0. The van der Waals surface area contributed by atoms with Gasteiger partial charge in [-0.3, -0.25) is 0 Å². The summed E-state index contributed by atoms with van der Waals surface area (Å²) < 4.78 is 0. The van der Waals surface area contributed by atoms with Gasteiger partial charge >= 0.3 is 0 Å². The van der Waals surface area contributed by atoms with Crippen molar-refractivity contribution >= 4 is 0 Å². The number of rotatable bonds is 1. The highest BCUT2D eigenvalue weighted by Crippen LogP contribution is 2.24. The van der Waals surface area contributed by atoms with Crippen molar-refractivity contribution in [3.8, 4) is 0 Å². The monoisotopic (exact) mass is 136 g/mol. The van der Waals surface area contributed by atoms with Gasteiger partial charge in [0.15, 0.2) is 0 Å². The lowest BCUT2D eigenvalue weighted by Crippen LogP contribution is -2.09. The molecule has 56 valence electrons. The maximum Gasteiger partial charge on any atom is -0.0170 e. The van der Waals surface area contributed by atoms with Gasteiger partial charge in [-0.05, 0) is 31.6 Å². The van der Waals surface area contributed by atoms with Crippen molar-refractivity contribution in [1.29, 1.82) is 0 Å². The van der Waals surface area contributed by atoms with E-state index in [1.165, 1.54) is 12.8 Å². The summed E-state index contributed by atoms with van der Waals surface area (Å²) in [6.07, 6.45) is 11.7. The fraction of sp³-hybridized carbons (Fsp3) is 0.600. The van der Waals surface area contributed by atoms with Crippen LogP contribution in [0.4, 0.5) is 0 Å². The SMILES string of the molecule is C/C=C/C1CCC=CC1C. The van der Waals surface area contributed by atoms with Crippen LogP contribution in [-0.2, 0) is 0 Å². The molecule has 2 unspecified atom stereocenters. The van der Waals surface area contributed by atoms with Crippen molar-refractivity contribution in [1.82, 2.24) is 0 Å². The Morgan fingerprint density at radius 3 is 2.90 bits per heavy atom. The maximum atomic E-state index is 2.33. The average Bonchev–Trinajstić information content (AvgIpc) is 1.94. The van der Waals surface area contributed by atoms with Crippen LogP contribution in [0.25, 0.3) is 0 Å². The van der Waals surface area contributed by atoms with Crippen LogP contribution in [0, 0.1) is 11.8 Å². The van der Waals surface area contributed by atoms with Crippen LogP contribution in [0.5, 0.6) is 0 Å². The Kier molecular flexibility index (Phi) is 2.73. The van der Waals surface area contributed by atoms with E-state index in [-0.39, 0.29) is 0 Å². The van der Waals surface area contributed by atoms with Gasteiger partial charge in [0.05, 0.1) is 0 Å². The molecule has 0 heterocycles. The van der Waals surface area contributed by atoms with Crippen molar-refractivity contribution in [3.63, 3.8) is 0 Å². The minimum absolute atomic E-state index is 0.755. The van der Waals surface area contributed by atoms with Crippen molar-refractivity contribution in [2.24, 2.45) is 11.8 Å². The summed E-state index contributed by atoms with van der Waals surface area (Å²) in [5.41, 5.74) is 0. The Morgan fingerprint density at radius 2 is 2.30 bits per heavy atom. The predicted molar refractivity (Wildman–Crippen MR) is 45.8 cm³/mol. The summed E-state index contributed by atoms with van der Waals surface area (Å²) in [6, 6.07) is 0. The summed E-state index contributed by atoms with van der Waals surface area (Å²) >= 11 is 0. The largest absolute Gasteiger partial charge is 0.0914 e. The van der Waals surface area contributed by atoms with Gasteiger partial charge in [0.2, 0.25) is 0 Å². The van der Waals surface area contributed by atoms with E-state index in [1.807, 2.05) is 0 Å². The quantitative estimate of drug-likeness (QED) is 0.486. The molecule has 0 saturated heterocycles. The molecule has 1 rings (SSSR count). The van der Waals surface area contributed by atoms with E-state index in [4.69, 9.17) is 0 Å². The van der Waals surface area contributed by atoms with Gasteiger partial charge in [0.1, 0.15) is 0 Å². The van der Waals surface area contributed by atoms with Crippen LogP contribution < -0.4 is 0 Å². The molecule has 0 aromatic heterocycles. The fourth-order valence-corrected chi connectivity index (χ4v) is 1.52. The molecule has 0 bridgehead atoms. The first-order valence-corrected chi connectivity index (χ1v) is 4.14. The Morgan fingerprint density at radius 1 is 1.50 bits per heavy atom. The zero-order chi connectivity index (χ0) is 7.40. The van der Waals surface area contributed by atoms with E-state index in [9.17, 15) is 0 Å². The van der Waals surface area contributed by atoms with E-state index in [2.05, 4.69) is 38.2 Å². The second kappa shape index (κ2) is 3.60. The zero-order valence-corrected chi connectivity index (χ0v) is 6.88. The Labute approximate surface area is 63.6 Å². The molecule has 1 aliphatic carbocycles. The topological polar surface area (TPSA) is 0 Å². The van der Waals surface area contributed by atoms with Crippen LogP contribution in [0.1, 0.15) is 26.7 Å². The maximum absolute atomic E-state index is 2.33. The molecule has 1 aliphatic rings. The van der Waals surface area contributed by atoms with Crippen molar-refractivity contribution in [2.45, 2.75) is 26.7 Å². The van der Waals surface area contributed by atoms with Crippen molar-refractivity contribution < 1.29 is 0 Å². The molecular formula is C10H16. The Bertz CT molecular complexity index is 142. The highest BCUT2D eigenvalue weighted by Gasteiger charge is 2.13. The molecule has 0 aliphatic heterocycles. The summed E-state index contributed by atoms with van der Waals surface area (Å²) in [4.78, 5) is 0. The van der Waals surface area contributed by atoms with Gasteiger partial charge in [-0.2, -0.15) is 0 Å². The lowest BCUT2D eigenvalue weighted by Gasteiger charge is -2.20. The van der Waals surface area contributed by atoms with E-state index in [0.29, 0.717) is 0 Å². The lowest BCUT2D eigenvalue weighted by molar-refractivity contribution is 0.459. The molecule has 2 atom stereocenters. The zero-order valence-electron chi connectivity index (χ0n) is 6.88. The van der Waals surface area contributed by atoms with Gasteiger partial charge in [-0.15, -0.1) is 0 Å². The van der Waals surface area contributed by atoms with Crippen LogP contribution in [-0.4, -0.2) is 0 Å². The van der Waals surface area contributed by atoms with E-state index < -0.39 is 0 Å². The molecule has 0 N–H and O–H groups in total. The molecule has 0 amide bonds. The number of hydrogen-bond acceptors (Lipinski definition) is 0. The van der Waals surface area contributed by atoms with Crippen molar-refractivity contribution in [3.05, 3.63) is 24.3 Å². The third-order valence-electron chi connectivity index (χ3n) is 2.22. The summed E-state index contributed by atoms with van der Waals surface area (Å²) in [5.74, 6) is 1.56. The molecule has 0 spiro atoms. The molecule has 0 fully saturated rings. The van der Waals surface area contributed by atoms with Gasteiger partial charge in [0, 0.05) is 0 Å². The average molecular weight is 136 g/mol. The van der Waals surface area contributed by atoms with E-state index in [0.717, 1.165) is 11.8 Å². The number of allylic oxidation sites excluding steroid dienone is 4. The summed E-state index contributed by atoms with van der Waals surface area (Å²) in [5, 5.41) is 0. The molecule has 0 aromatic rings. The molecule has 10 heavy (non-hydrogen) atoms. The first-order chi connectivity index (χ1) is 4.84.